The fraction of sp³-hybridized carbons (Fsp3) is 0.667. The Kier molecular flexibility index (Phi) is 2.62. The van der Waals surface area contributed by atoms with Gasteiger partial charge in [0.2, 0.25) is 0 Å². The average Bonchev–Trinajstić information content (AvgIpc) is 3.01. The third-order valence-electron chi connectivity index (χ3n) is 3.57. The zero-order valence-corrected chi connectivity index (χ0v) is 11.0. The van der Waals surface area contributed by atoms with Crippen molar-refractivity contribution >= 4 is 21.7 Å². The highest BCUT2D eigenvalue weighted by Crippen LogP contribution is 2.45. The number of hydrogen-bond donors (Lipinski definition) is 1. The van der Waals surface area contributed by atoms with Gasteiger partial charge in [-0.3, -0.25) is 0 Å². The minimum absolute atomic E-state index is 0.609. The van der Waals surface area contributed by atoms with E-state index in [1.165, 1.54) is 37.8 Å². The van der Waals surface area contributed by atoms with Crippen molar-refractivity contribution in [1.29, 1.82) is 0 Å². The second kappa shape index (κ2) is 3.99. The number of halogens is 1. The van der Waals surface area contributed by atoms with E-state index in [2.05, 4.69) is 26.2 Å². The van der Waals surface area contributed by atoms with Crippen molar-refractivity contribution in [3.63, 3.8) is 0 Å². The number of nitrogens with zero attached hydrogens (tertiary/aromatic N) is 2. The van der Waals surface area contributed by atoms with Gasteiger partial charge in [-0.25, -0.2) is 9.97 Å². The third kappa shape index (κ3) is 1.73. The first-order valence-corrected chi connectivity index (χ1v) is 6.84. The number of nitrogens with one attached hydrogen (secondary N) is 1. The molecule has 0 aliphatic heterocycles. The van der Waals surface area contributed by atoms with Crippen LogP contribution in [0.2, 0.25) is 0 Å². The summed E-state index contributed by atoms with van der Waals surface area (Å²) in [5, 5.41) is 3.16. The van der Waals surface area contributed by atoms with Crippen LogP contribution in [0.4, 0.5) is 5.82 Å². The Balaban J connectivity index is 2.01. The summed E-state index contributed by atoms with van der Waals surface area (Å²) >= 11 is 3.62. The number of hydrogen-bond acceptors (Lipinski definition) is 3. The Morgan fingerprint density at radius 1 is 1.12 bits per heavy atom. The van der Waals surface area contributed by atoms with Crippen LogP contribution in [0.15, 0.2) is 4.47 Å². The van der Waals surface area contributed by atoms with Gasteiger partial charge in [0.05, 0.1) is 10.2 Å². The molecule has 0 saturated heterocycles. The predicted molar refractivity (Wildman–Crippen MR) is 67.8 cm³/mol. The molecule has 3 rings (SSSR count). The molecule has 0 unspecified atom stereocenters. The van der Waals surface area contributed by atoms with Crippen molar-refractivity contribution in [2.24, 2.45) is 0 Å². The van der Waals surface area contributed by atoms with Crippen molar-refractivity contribution in [1.82, 2.24) is 9.97 Å². The van der Waals surface area contributed by atoms with Crippen LogP contribution in [0, 0.1) is 0 Å². The molecule has 1 N–H and O–H groups in total. The Bertz CT molecular complexity index is 411. The SMILES string of the molecule is CNc1nc(C2CCC2)nc(C2CC2)c1Br. The number of aromatic nitrogens is 2. The molecule has 2 saturated carbocycles. The van der Waals surface area contributed by atoms with Crippen LogP contribution in [0.1, 0.15) is 55.5 Å². The van der Waals surface area contributed by atoms with E-state index in [1.807, 2.05) is 7.05 Å². The summed E-state index contributed by atoms with van der Waals surface area (Å²) < 4.78 is 1.07. The molecule has 3 nitrogen and oxygen atoms in total. The van der Waals surface area contributed by atoms with E-state index < -0.39 is 0 Å². The molecular weight excluding hydrogens is 266 g/mol. The summed E-state index contributed by atoms with van der Waals surface area (Å²) in [6.07, 6.45) is 6.41. The Morgan fingerprint density at radius 2 is 1.88 bits per heavy atom. The lowest BCUT2D eigenvalue weighted by molar-refractivity contribution is 0.400. The van der Waals surface area contributed by atoms with Crippen LogP contribution < -0.4 is 5.32 Å². The highest BCUT2D eigenvalue weighted by atomic mass is 79.9. The molecule has 4 heteroatoms. The Morgan fingerprint density at radius 3 is 2.38 bits per heavy atom. The van der Waals surface area contributed by atoms with Gasteiger partial charge >= 0.3 is 0 Å². The maximum Gasteiger partial charge on any atom is 0.144 e. The summed E-state index contributed by atoms with van der Waals surface area (Å²) in [4.78, 5) is 9.38. The third-order valence-corrected chi connectivity index (χ3v) is 4.35. The van der Waals surface area contributed by atoms with Gasteiger partial charge < -0.3 is 5.32 Å². The zero-order valence-electron chi connectivity index (χ0n) is 9.46. The molecule has 0 amide bonds. The van der Waals surface area contributed by atoms with Gasteiger partial charge in [0.25, 0.3) is 0 Å². The number of anilines is 1. The van der Waals surface area contributed by atoms with Crippen molar-refractivity contribution in [3.8, 4) is 0 Å². The van der Waals surface area contributed by atoms with Gasteiger partial charge in [0.15, 0.2) is 0 Å². The van der Waals surface area contributed by atoms with Crippen LogP contribution in [-0.2, 0) is 0 Å². The molecule has 1 aromatic rings. The summed E-state index contributed by atoms with van der Waals surface area (Å²) in [5.74, 6) is 3.29. The fourth-order valence-electron chi connectivity index (χ4n) is 2.12. The van der Waals surface area contributed by atoms with E-state index in [-0.39, 0.29) is 0 Å². The first kappa shape index (κ1) is 10.5. The van der Waals surface area contributed by atoms with Crippen LogP contribution in [0.3, 0.4) is 0 Å². The smallest absolute Gasteiger partial charge is 0.144 e. The normalized spacial score (nSPS) is 20.6. The van der Waals surface area contributed by atoms with E-state index in [4.69, 9.17) is 4.98 Å². The predicted octanol–water partition coefficient (Wildman–Crippen LogP) is 3.43. The van der Waals surface area contributed by atoms with Gasteiger partial charge in [-0.15, -0.1) is 0 Å². The minimum Gasteiger partial charge on any atom is -0.372 e. The highest BCUT2D eigenvalue weighted by Gasteiger charge is 2.31. The summed E-state index contributed by atoms with van der Waals surface area (Å²) in [6.45, 7) is 0. The quantitative estimate of drug-likeness (QED) is 0.923. The molecule has 16 heavy (non-hydrogen) atoms. The van der Waals surface area contributed by atoms with Crippen LogP contribution in [0.5, 0.6) is 0 Å². The van der Waals surface area contributed by atoms with Crippen LogP contribution in [-0.4, -0.2) is 17.0 Å². The summed E-state index contributed by atoms with van der Waals surface area (Å²) in [6, 6.07) is 0. The van der Waals surface area contributed by atoms with Crippen molar-refractivity contribution in [2.45, 2.75) is 43.9 Å². The molecule has 1 heterocycles. The van der Waals surface area contributed by atoms with Gasteiger partial charge in [0.1, 0.15) is 11.6 Å². The van der Waals surface area contributed by atoms with Crippen LogP contribution in [0.25, 0.3) is 0 Å². The topological polar surface area (TPSA) is 37.8 Å². The fourth-order valence-corrected chi connectivity index (χ4v) is 2.82. The molecular formula is C12H16BrN3. The second-order valence-electron chi connectivity index (χ2n) is 4.78. The molecule has 0 bridgehead atoms. The van der Waals surface area contributed by atoms with Gasteiger partial charge in [-0.05, 0) is 41.6 Å². The molecule has 86 valence electrons. The Hall–Kier alpha value is -0.640. The summed E-state index contributed by atoms with van der Waals surface area (Å²) in [7, 11) is 1.92. The second-order valence-corrected chi connectivity index (χ2v) is 5.57. The average molecular weight is 282 g/mol. The van der Waals surface area contributed by atoms with Crippen LogP contribution >= 0.6 is 15.9 Å². The minimum atomic E-state index is 0.609. The molecule has 0 spiro atoms. The van der Waals surface area contributed by atoms with Gasteiger partial charge in [0, 0.05) is 18.9 Å². The van der Waals surface area contributed by atoms with Crippen molar-refractivity contribution in [2.75, 3.05) is 12.4 Å². The lowest BCUT2D eigenvalue weighted by Gasteiger charge is -2.25. The van der Waals surface area contributed by atoms with Gasteiger partial charge in [-0.1, -0.05) is 6.42 Å². The first-order chi connectivity index (χ1) is 7.79. The van der Waals surface area contributed by atoms with Crippen molar-refractivity contribution < 1.29 is 0 Å². The van der Waals surface area contributed by atoms with E-state index in [9.17, 15) is 0 Å². The zero-order chi connectivity index (χ0) is 11.1. The standard InChI is InChI=1S/C12H16BrN3/c1-14-12-9(13)10(7-5-6-7)15-11(16-12)8-3-2-4-8/h7-8H,2-6H2,1H3,(H,14,15,16). The van der Waals surface area contributed by atoms with E-state index >= 15 is 0 Å². The molecule has 0 atom stereocenters. The lowest BCUT2D eigenvalue weighted by atomic mass is 9.85. The van der Waals surface area contributed by atoms with E-state index in [0.29, 0.717) is 11.8 Å². The molecule has 2 aliphatic carbocycles. The molecule has 2 aliphatic rings. The largest absolute Gasteiger partial charge is 0.372 e. The Labute approximate surface area is 104 Å². The maximum atomic E-state index is 4.77. The summed E-state index contributed by atoms with van der Waals surface area (Å²) in [5.41, 5.74) is 1.22. The molecule has 2 fully saturated rings. The molecule has 0 aromatic carbocycles. The number of rotatable bonds is 3. The molecule has 1 aromatic heterocycles. The van der Waals surface area contributed by atoms with E-state index in [1.54, 1.807) is 0 Å². The van der Waals surface area contributed by atoms with E-state index in [0.717, 1.165) is 16.1 Å². The first-order valence-electron chi connectivity index (χ1n) is 6.04. The lowest BCUT2D eigenvalue weighted by Crippen LogP contribution is -2.15. The monoisotopic (exact) mass is 281 g/mol. The molecule has 0 radical (unpaired) electrons. The van der Waals surface area contributed by atoms with Crippen molar-refractivity contribution in [3.05, 3.63) is 16.0 Å². The maximum absolute atomic E-state index is 4.77. The highest BCUT2D eigenvalue weighted by molar-refractivity contribution is 9.10. The van der Waals surface area contributed by atoms with Gasteiger partial charge in [-0.2, -0.15) is 0 Å².